The predicted octanol–water partition coefficient (Wildman–Crippen LogP) is 3.95. The van der Waals surface area contributed by atoms with Gasteiger partial charge in [0.05, 0.1) is 12.7 Å². The van der Waals surface area contributed by atoms with E-state index in [0.29, 0.717) is 24.3 Å². The van der Waals surface area contributed by atoms with Gasteiger partial charge in [-0.1, -0.05) is 60.7 Å². The van der Waals surface area contributed by atoms with Crippen molar-refractivity contribution in [1.82, 2.24) is 5.32 Å². The van der Waals surface area contributed by atoms with Gasteiger partial charge in [-0.3, -0.25) is 4.79 Å². The second-order valence-electron chi connectivity index (χ2n) is 6.45. The van der Waals surface area contributed by atoms with E-state index in [1.54, 1.807) is 12.1 Å². The number of benzene rings is 3. The minimum Gasteiger partial charge on any atom is -0.476 e. The molecule has 148 valence electrons. The van der Waals surface area contributed by atoms with Crippen molar-refractivity contribution in [2.45, 2.75) is 12.5 Å². The smallest absolute Gasteiger partial charge is 0.337 e. The summed E-state index contributed by atoms with van der Waals surface area (Å²) in [6.07, 6.45) is -0.0969. The maximum Gasteiger partial charge on any atom is 0.337 e. The van der Waals surface area contributed by atoms with Gasteiger partial charge in [0, 0.05) is 12.1 Å². The summed E-state index contributed by atoms with van der Waals surface area (Å²) in [4.78, 5) is 24.3. The Balaban J connectivity index is 1.62. The van der Waals surface area contributed by atoms with Crippen molar-refractivity contribution in [1.29, 1.82) is 0 Å². The molecule has 1 unspecified atom stereocenters. The molecule has 1 atom stereocenters. The number of amides is 1. The fraction of sp³-hybridized carbons (Fsp3) is 0.167. The second-order valence-corrected chi connectivity index (χ2v) is 6.45. The number of carbonyl (C=O) groups excluding carboxylic acids is 2. The van der Waals surface area contributed by atoms with Crippen molar-refractivity contribution < 1.29 is 19.1 Å². The molecule has 0 aromatic heterocycles. The van der Waals surface area contributed by atoms with E-state index in [2.05, 4.69) is 5.32 Å². The Morgan fingerprint density at radius 1 is 0.862 bits per heavy atom. The molecular formula is C24H23NO4. The highest BCUT2D eigenvalue weighted by Crippen LogP contribution is 2.22. The number of ether oxygens (including phenoxy) is 2. The van der Waals surface area contributed by atoms with Crippen LogP contribution < -0.4 is 10.1 Å². The van der Waals surface area contributed by atoms with Crippen LogP contribution in [0.5, 0.6) is 5.75 Å². The zero-order valence-corrected chi connectivity index (χ0v) is 16.2. The minimum atomic E-state index is -0.736. The Morgan fingerprint density at radius 3 is 2.10 bits per heavy atom. The van der Waals surface area contributed by atoms with Crippen LogP contribution >= 0.6 is 0 Å². The summed E-state index contributed by atoms with van der Waals surface area (Å²) in [5.41, 5.74) is 2.30. The van der Waals surface area contributed by atoms with Crippen molar-refractivity contribution in [3.63, 3.8) is 0 Å². The summed E-state index contributed by atoms with van der Waals surface area (Å²) in [5.74, 6) is 0.0646. The number of para-hydroxylation sites is 1. The largest absolute Gasteiger partial charge is 0.476 e. The SMILES string of the molecule is COC(=O)c1ccc(CCNC(=O)C(Oc2ccccc2)c2ccccc2)cc1. The number of nitrogens with one attached hydrogen (secondary N) is 1. The zero-order valence-electron chi connectivity index (χ0n) is 16.2. The van der Waals surface area contributed by atoms with Crippen LogP contribution in [-0.4, -0.2) is 25.5 Å². The van der Waals surface area contributed by atoms with E-state index < -0.39 is 6.10 Å². The molecule has 0 aliphatic heterocycles. The first-order valence-electron chi connectivity index (χ1n) is 9.39. The molecular weight excluding hydrogens is 366 g/mol. The molecule has 5 heteroatoms. The van der Waals surface area contributed by atoms with Crippen LogP contribution in [0.3, 0.4) is 0 Å². The molecule has 0 bridgehead atoms. The lowest BCUT2D eigenvalue weighted by atomic mass is 10.1. The molecule has 29 heavy (non-hydrogen) atoms. The van der Waals surface area contributed by atoms with Crippen molar-refractivity contribution in [3.05, 3.63) is 102 Å². The van der Waals surface area contributed by atoms with Crippen molar-refractivity contribution >= 4 is 11.9 Å². The Hall–Kier alpha value is -3.60. The van der Waals surface area contributed by atoms with Gasteiger partial charge in [-0.25, -0.2) is 4.79 Å². The van der Waals surface area contributed by atoms with Crippen LogP contribution in [0.4, 0.5) is 0 Å². The van der Waals surface area contributed by atoms with Gasteiger partial charge in [-0.2, -0.15) is 0 Å². The van der Waals surface area contributed by atoms with Gasteiger partial charge >= 0.3 is 5.97 Å². The van der Waals surface area contributed by atoms with E-state index in [9.17, 15) is 9.59 Å². The molecule has 0 radical (unpaired) electrons. The van der Waals surface area contributed by atoms with Crippen molar-refractivity contribution in [2.75, 3.05) is 13.7 Å². The van der Waals surface area contributed by atoms with Gasteiger partial charge < -0.3 is 14.8 Å². The van der Waals surface area contributed by atoms with Crippen LogP contribution in [0, 0.1) is 0 Å². The summed E-state index contributed by atoms with van der Waals surface area (Å²) in [7, 11) is 1.35. The number of esters is 1. The molecule has 3 aromatic carbocycles. The van der Waals surface area contributed by atoms with Gasteiger partial charge in [-0.15, -0.1) is 0 Å². The highest BCUT2D eigenvalue weighted by Gasteiger charge is 2.22. The summed E-state index contributed by atoms with van der Waals surface area (Å²) < 4.78 is 10.7. The molecule has 0 saturated heterocycles. The Bertz CT molecular complexity index is 924. The fourth-order valence-electron chi connectivity index (χ4n) is 2.88. The Kier molecular flexibility index (Phi) is 7.00. The molecule has 5 nitrogen and oxygen atoms in total. The third-order valence-electron chi connectivity index (χ3n) is 4.43. The van der Waals surface area contributed by atoms with E-state index in [1.807, 2.05) is 72.8 Å². The van der Waals surface area contributed by atoms with Crippen molar-refractivity contribution in [2.24, 2.45) is 0 Å². The summed E-state index contributed by atoms with van der Waals surface area (Å²) >= 11 is 0. The molecule has 3 rings (SSSR count). The van der Waals surface area contributed by atoms with Gasteiger partial charge in [-0.05, 0) is 36.2 Å². The summed E-state index contributed by atoms with van der Waals surface area (Å²) in [6, 6.07) is 25.8. The highest BCUT2D eigenvalue weighted by atomic mass is 16.5. The van der Waals surface area contributed by atoms with E-state index in [0.717, 1.165) is 11.1 Å². The van der Waals surface area contributed by atoms with Gasteiger partial charge in [0.1, 0.15) is 5.75 Å². The zero-order chi connectivity index (χ0) is 20.5. The molecule has 1 amide bonds. The summed E-state index contributed by atoms with van der Waals surface area (Å²) in [5, 5.41) is 2.94. The molecule has 0 saturated carbocycles. The normalized spacial score (nSPS) is 11.3. The van der Waals surface area contributed by atoms with E-state index in [-0.39, 0.29) is 11.9 Å². The molecule has 1 N–H and O–H groups in total. The molecule has 0 aliphatic rings. The van der Waals surface area contributed by atoms with Crippen LogP contribution in [0.2, 0.25) is 0 Å². The third-order valence-corrected chi connectivity index (χ3v) is 4.43. The van der Waals surface area contributed by atoms with Crippen LogP contribution in [0.15, 0.2) is 84.9 Å². The first kappa shape index (κ1) is 20.1. The van der Waals surface area contributed by atoms with Gasteiger partial charge in [0.2, 0.25) is 6.10 Å². The van der Waals surface area contributed by atoms with Crippen LogP contribution in [-0.2, 0) is 16.0 Å². The lowest BCUT2D eigenvalue weighted by Crippen LogP contribution is -2.33. The summed E-state index contributed by atoms with van der Waals surface area (Å²) in [6.45, 7) is 0.456. The van der Waals surface area contributed by atoms with Crippen LogP contribution in [0.25, 0.3) is 0 Å². The molecule has 3 aromatic rings. The maximum atomic E-state index is 12.8. The average molecular weight is 389 g/mol. The standard InChI is InChI=1S/C24H23NO4/c1-28-24(27)20-14-12-18(13-15-20)16-17-25-23(26)22(19-8-4-2-5-9-19)29-21-10-6-3-7-11-21/h2-15,22H,16-17H2,1H3,(H,25,26). The first-order chi connectivity index (χ1) is 14.2. The topological polar surface area (TPSA) is 64.6 Å². The van der Waals surface area contributed by atoms with E-state index >= 15 is 0 Å². The fourth-order valence-corrected chi connectivity index (χ4v) is 2.88. The number of methoxy groups -OCH3 is 1. The van der Waals surface area contributed by atoms with Crippen molar-refractivity contribution in [3.8, 4) is 5.75 Å². The highest BCUT2D eigenvalue weighted by molar-refractivity contribution is 5.89. The van der Waals surface area contributed by atoms with E-state index in [4.69, 9.17) is 9.47 Å². The quantitative estimate of drug-likeness (QED) is 0.593. The number of hydrogen-bond donors (Lipinski definition) is 1. The molecule has 0 heterocycles. The lowest BCUT2D eigenvalue weighted by Gasteiger charge is -2.19. The Morgan fingerprint density at radius 2 is 1.48 bits per heavy atom. The lowest BCUT2D eigenvalue weighted by molar-refractivity contribution is -0.128. The van der Waals surface area contributed by atoms with Crippen LogP contribution in [0.1, 0.15) is 27.6 Å². The average Bonchev–Trinajstić information content (AvgIpc) is 2.78. The first-order valence-corrected chi connectivity index (χ1v) is 9.39. The monoisotopic (exact) mass is 389 g/mol. The number of rotatable bonds is 8. The van der Waals surface area contributed by atoms with Gasteiger partial charge in [0.25, 0.3) is 5.91 Å². The van der Waals surface area contributed by atoms with E-state index in [1.165, 1.54) is 7.11 Å². The molecule has 0 spiro atoms. The number of carbonyl (C=O) groups is 2. The molecule has 0 aliphatic carbocycles. The second kappa shape index (κ2) is 10.1. The minimum absolute atomic E-state index is 0.203. The van der Waals surface area contributed by atoms with Gasteiger partial charge in [0.15, 0.2) is 0 Å². The molecule has 0 fully saturated rings. The maximum absolute atomic E-state index is 12.8. The third kappa shape index (κ3) is 5.69. The Labute approximate surface area is 170 Å². The number of hydrogen-bond acceptors (Lipinski definition) is 4. The predicted molar refractivity (Wildman–Crippen MR) is 111 cm³/mol.